The monoisotopic (exact) mass is 376 g/mol. The zero-order chi connectivity index (χ0) is 17.9. The van der Waals surface area contributed by atoms with Crippen LogP contribution in [0.3, 0.4) is 0 Å². The summed E-state index contributed by atoms with van der Waals surface area (Å²) >= 11 is 7.16. The number of aromatic nitrogens is 3. The number of nitrogens with one attached hydrogen (secondary N) is 1. The van der Waals surface area contributed by atoms with E-state index in [2.05, 4.69) is 21.6 Å². The van der Waals surface area contributed by atoms with E-state index < -0.39 is 5.54 Å². The Labute approximate surface area is 154 Å². The van der Waals surface area contributed by atoms with Crippen LogP contribution in [0.25, 0.3) is 11.4 Å². The molecule has 3 rings (SSSR count). The summed E-state index contributed by atoms with van der Waals surface area (Å²) in [5.41, 5.74) is 0.0215. The van der Waals surface area contributed by atoms with E-state index in [9.17, 15) is 10.1 Å². The normalized spacial score (nSPS) is 15.7. The molecule has 1 heterocycles. The largest absolute Gasteiger partial charge is 0.337 e. The second-order valence-electron chi connectivity index (χ2n) is 5.92. The molecule has 2 aromatic rings. The third kappa shape index (κ3) is 3.89. The van der Waals surface area contributed by atoms with Crippen LogP contribution >= 0.6 is 23.4 Å². The van der Waals surface area contributed by atoms with Crippen molar-refractivity contribution >= 4 is 29.3 Å². The number of nitrogens with zero attached hydrogens (tertiary/aromatic N) is 4. The molecule has 130 valence electrons. The molecule has 0 spiro atoms. The first kappa shape index (κ1) is 17.6. The van der Waals surface area contributed by atoms with Gasteiger partial charge in [0.05, 0.1) is 11.8 Å². The lowest BCUT2D eigenvalue weighted by atomic mass is 10.0. The molecule has 0 aliphatic heterocycles. The molecule has 1 fully saturated rings. The Morgan fingerprint density at radius 3 is 2.88 bits per heavy atom. The zero-order valence-corrected chi connectivity index (χ0v) is 15.0. The van der Waals surface area contributed by atoms with E-state index in [4.69, 9.17) is 17.4 Å². The fourth-order valence-corrected chi connectivity index (χ4v) is 3.72. The summed E-state index contributed by atoms with van der Waals surface area (Å²) in [4.78, 5) is 12.2. The van der Waals surface area contributed by atoms with Gasteiger partial charge < -0.3 is 11.2 Å². The number of nitrogen functional groups attached to an aromatic ring is 1. The molecule has 0 radical (unpaired) electrons. The van der Waals surface area contributed by atoms with Gasteiger partial charge in [-0.25, -0.2) is 4.68 Å². The highest BCUT2D eigenvalue weighted by Crippen LogP contribution is 2.29. The fraction of sp³-hybridized carbons (Fsp3) is 0.375. The Morgan fingerprint density at radius 2 is 2.20 bits per heavy atom. The minimum absolute atomic E-state index is 0.119. The van der Waals surface area contributed by atoms with E-state index in [-0.39, 0.29) is 11.7 Å². The van der Waals surface area contributed by atoms with Gasteiger partial charge in [0.25, 0.3) is 0 Å². The van der Waals surface area contributed by atoms with Crippen LogP contribution in [-0.4, -0.2) is 32.1 Å². The van der Waals surface area contributed by atoms with Crippen molar-refractivity contribution in [3.63, 3.8) is 0 Å². The number of benzene rings is 1. The maximum Gasteiger partial charge on any atom is 0.231 e. The predicted molar refractivity (Wildman–Crippen MR) is 96.3 cm³/mol. The van der Waals surface area contributed by atoms with Crippen molar-refractivity contribution in [3.05, 3.63) is 29.3 Å². The number of hydrogen-bond acceptors (Lipinski definition) is 6. The van der Waals surface area contributed by atoms with Crippen molar-refractivity contribution in [1.82, 2.24) is 20.2 Å². The van der Waals surface area contributed by atoms with E-state index in [1.807, 2.05) is 6.07 Å². The molecule has 1 aromatic heterocycles. The van der Waals surface area contributed by atoms with Crippen molar-refractivity contribution in [2.75, 3.05) is 11.6 Å². The van der Waals surface area contributed by atoms with E-state index in [0.29, 0.717) is 28.8 Å². The minimum atomic E-state index is -0.722. The Hall–Kier alpha value is -2.24. The quantitative estimate of drug-likeness (QED) is 0.612. The van der Waals surface area contributed by atoms with E-state index in [0.717, 1.165) is 18.4 Å². The van der Waals surface area contributed by atoms with Crippen molar-refractivity contribution in [2.24, 2.45) is 0 Å². The van der Waals surface area contributed by atoms with Gasteiger partial charge in [0.2, 0.25) is 11.1 Å². The van der Waals surface area contributed by atoms with E-state index in [1.54, 1.807) is 18.2 Å². The van der Waals surface area contributed by atoms with Crippen LogP contribution in [0.4, 0.5) is 0 Å². The predicted octanol–water partition coefficient (Wildman–Crippen LogP) is 2.36. The molecular weight excluding hydrogens is 360 g/mol. The van der Waals surface area contributed by atoms with Gasteiger partial charge in [0.1, 0.15) is 5.54 Å². The Kier molecular flexibility index (Phi) is 5.16. The average molecular weight is 377 g/mol. The summed E-state index contributed by atoms with van der Waals surface area (Å²) in [5, 5.41) is 21.2. The van der Waals surface area contributed by atoms with Gasteiger partial charge in [-0.3, -0.25) is 4.79 Å². The van der Waals surface area contributed by atoms with Gasteiger partial charge >= 0.3 is 0 Å². The van der Waals surface area contributed by atoms with Gasteiger partial charge in [0, 0.05) is 10.6 Å². The lowest BCUT2D eigenvalue weighted by Gasteiger charge is -2.21. The molecule has 1 saturated carbocycles. The van der Waals surface area contributed by atoms with Crippen LogP contribution in [0.1, 0.15) is 25.7 Å². The summed E-state index contributed by atoms with van der Waals surface area (Å²) in [6.45, 7) is 0. The number of halogens is 1. The lowest BCUT2D eigenvalue weighted by molar-refractivity contribution is -0.119. The number of nitrogens with two attached hydrogens (primary N) is 1. The second-order valence-corrected chi connectivity index (χ2v) is 7.30. The smallest absolute Gasteiger partial charge is 0.231 e. The van der Waals surface area contributed by atoms with Gasteiger partial charge in [0.15, 0.2) is 5.82 Å². The topological polar surface area (TPSA) is 110 Å². The SMILES string of the molecule is N#CC1(NC(=O)CSc2nnc(-c3cccc(Cl)c3)n2N)CCCC1. The van der Waals surface area contributed by atoms with Crippen molar-refractivity contribution in [2.45, 2.75) is 36.4 Å². The van der Waals surface area contributed by atoms with Crippen LogP contribution in [0, 0.1) is 11.3 Å². The van der Waals surface area contributed by atoms with Gasteiger partial charge in [-0.15, -0.1) is 10.2 Å². The maximum absolute atomic E-state index is 12.2. The molecule has 0 atom stereocenters. The first-order valence-corrected chi connectivity index (χ1v) is 9.21. The number of hydrogen-bond donors (Lipinski definition) is 2. The highest BCUT2D eigenvalue weighted by atomic mass is 35.5. The van der Waals surface area contributed by atoms with Crippen LogP contribution in [0.5, 0.6) is 0 Å². The molecule has 1 aliphatic carbocycles. The van der Waals surface area contributed by atoms with Crippen molar-refractivity contribution in [3.8, 4) is 17.5 Å². The molecule has 0 saturated heterocycles. The lowest BCUT2D eigenvalue weighted by Crippen LogP contribution is -2.45. The summed E-state index contributed by atoms with van der Waals surface area (Å²) in [7, 11) is 0. The molecule has 3 N–H and O–H groups in total. The van der Waals surface area contributed by atoms with E-state index >= 15 is 0 Å². The standard InChI is InChI=1S/C16H17ClN6OS/c17-12-5-3-4-11(8-12)14-21-22-15(23(14)19)25-9-13(24)20-16(10-18)6-1-2-7-16/h3-5,8H,1-2,6-7,9,19H2,(H,20,24). The number of amides is 1. The molecule has 0 unspecified atom stereocenters. The third-order valence-corrected chi connectivity index (χ3v) is 5.31. The summed E-state index contributed by atoms with van der Waals surface area (Å²) in [6, 6.07) is 9.37. The number of carbonyl (C=O) groups is 1. The highest BCUT2D eigenvalue weighted by Gasteiger charge is 2.35. The first-order chi connectivity index (χ1) is 12.0. The van der Waals surface area contributed by atoms with Crippen molar-refractivity contribution < 1.29 is 4.79 Å². The van der Waals surface area contributed by atoms with Crippen LogP contribution in [0.15, 0.2) is 29.4 Å². The molecule has 7 nitrogen and oxygen atoms in total. The molecule has 1 amide bonds. The molecule has 1 aliphatic rings. The zero-order valence-electron chi connectivity index (χ0n) is 13.4. The van der Waals surface area contributed by atoms with E-state index in [1.165, 1.54) is 16.4 Å². The molecular formula is C16H17ClN6OS. The molecule has 9 heteroatoms. The third-order valence-electron chi connectivity index (χ3n) is 4.13. The molecule has 1 aromatic carbocycles. The minimum Gasteiger partial charge on any atom is -0.337 e. The van der Waals surface area contributed by atoms with Gasteiger partial charge in [-0.1, -0.05) is 35.5 Å². The number of rotatable bonds is 5. The van der Waals surface area contributed by atoms with Crippen LogP contribution in [0.2, 0.25) is 5.02 Å². The Bertz CT molecular complexity index is 824. The highest BCUT2D eigenvalue weighted by molar-refractivity contribution is 7.99. The summed E-state index contributed by atoms with van der Waals surface area (Å²) in [5.74, 6) is 6.41. The first-order valence-electron chi connectivity index (χ1n) is 7.84. The number of thioether (sulfide) groups is 1. The van der Waals surface area contributed by atoms with Crippen LogP contribution in [-0.2, 0) is 4.79 Å². The van der Waals surface area contributed by atoms with Gasteiger partial charge in [-0.2, -0.15) is 5.26 Å². The van der Waals surface area contributed by atoms with Crippen molar-refractivity contribution in [1.29, 1.82) is 5.26 Å². The molecule has 25 heavy (non-hydrogen) atoms. The number of nitriles is 1. The number of carbonyl (C=O) groups excluding carboxylic acids is 1. The van der Waals surface area contributed by atoms with Gasteiger partial charge in [-0.05, 0) is 37.8 Å². The fourth-order valence-electron chi connectivity index (χ4n) is 2.88. The van der Waals surface area contributed by atoms with Crippen LogP contribution < -0.4 is 11.2 Å². The summed E-state index contributed by atoms with van der Waals surface area (Å²) < 4.78 is 1.33. The average Bonchev–Trinajstić information content (AvgIpc) is 3.20. The maximum atomic E-state index is 12.2. The Balaban J connectivity index is 1.64. The Morgan fingerprint density at radius 1 is 1.44 bits per heavy atom. The second kappa shape index (κ2) is 7.33. The molecule has 0 bridgehead atoms. The summed E-state index contributed by atoms with van der Waals surface area (Å²) in [6.07, 6.45) is 3.32.